The summed E-state index contributed by atoms with van der Waals surface area (Å²) in [6.45, 7) is 7.51. The van der Waals surface area contributed by atoms with E-state index in [-0.39, 0.29) is 17.0 Å². The number of anilines is 1. The molecule has 0 bridgehead atoms. The van der Waals surface area contributed by atoms with Crippen molar-refractivity contribution >= 4 is 29.1 Å². The molecule has 3 rings (SSSR count). The Morgan fingerprint density at radius 2 is 1.93 bits per heavy atom. The first-order valence-corrected chi connectivity index (χ1v) is 9.57. The molecule has 7 nitrogen and oxygen atoms in total. The van der Waals surface area contributed by atoms with Gasteiger partial charge in [-0.25, -0.2) is 9.78 Å². The highest BCUT2D eigenvalue weighted by Crippen LogP contribution is 2.25. The zero-order chi connectivity index (χ0) is 20.3. The smallest absolute Gasteiger partial charge is 0.358 e. The molecule has 0 saturated heterocycles. The summed E-state index contributed by atoms with van der Waals surface area (Å²) in [5, 5.41) is 8.76. The number of hydrogen-bond donors (Lipinski definition) is 1. The third kappa shape index (κ3) is 4.83. The molecule has 2 heterocycles. The molecule has 0 aliphatic rings. The van der Waals surface area contributed by atoms with E-state index in [1.807, 2.05) is 52.0 Å². The molecule has 0 spiro atoms. The van der Waals surface area contributed by atoms with Crippen molar-refractivity contribution in [2.24, 2.45) is 0 Å². The molecule has 0 aliphatic heterocycles. The van der Waals surface area contributed by atoms with Crippen molar-refractivity contribution in [2.75, 3.05) is 11.9 Å². The molecule has 0 radical (unpaired) electrons. The van der Waals surface area contributed by atoms with Gasteiger partial charge in [-0.1, -0.05) is 55.8 Å². The summed E-state index contributed by atoms with van der Waals surface area (Å²) < 4.78 is 10.1. The second-order valence-corrected chi connectivity index (χ2v) is 8.21. The maximum Gasteiger partial charge on any atom is 0.358 e. The molecule has 146 valence electrons. The van der Waals surface area contributed by atoms with Crippen LogP contribution in [0.4, 0.5) is 5.88 Å². The summed E-state index contributed by atoms with van der Waals surface area (Å²) in [6, 6.07) is 9.50. The van der Waals surface area contributed by atoms with Crippen LogP contribution in [0.2, 0.25) is 0 Å². The van der Waals surface area contributed by atoms with Gasteiger partial charge < -0.3 is 9.26 Å². The number of carbonyl (C=O) groups excluding carboxylic acids is 2. The molecule has 1 N–H and O–H groups in total. The number of thiazole rings is 1. The normalized spacial score (nSPS) is 11.3. The molecule has 0 atom stereocenters. The largest absolute Gasteiger partial charge is 0.451 e. The number of benzene rings is 1. The molecular formula is C20H21N3O4S. The fourth-order valence-corrected chi connectivity index (χ4v) is 3.06. The summed E-state index contributed by atoms with van der Waals surface area (Å²) >= 11 is 1.34. The lowest BCUT2D eigenvalue weighted by Gasteiger charge is -2.12. The van der Waals surface area contributed by atoms with Gasteiger partial charge in [0.15, 0.2) is 12.3 Å². The third-order valence-electron chi connectivity index (χ3n) is 3.89. The Kier molecular flexibility index (Phi) is 5.60. The second-order valence-electron chi connectivity index (χ2n) is 7.35. The van der Waals surface area contributed by atoms with Crippen LogP contribution in [-0.2, 0) is 14.9 Å². The molecule has 0 saturated carbocycles. The van der Waals surface area contributed by atoms with Gasteiger partial charge in [-0.15, -0.1) is 11.3 Å². The van der Waals surface area contributed by atoms with Gasteiger partial charge in [0.25, 0.3) is 5.91 Å². The zero-order valence-corrected chi connectivity index (χ0v) is 16.9. The van der Waals surface area contributed by atoms with Crippen molar-refractivity contribution in [3.05, 3.63) is 52.7 Å². The molecule has 2 aromatic heterocycles. The molecule has 8 heteroatoms. The summed E-state index contributed by atoms with van der Waals surface area (Å²) in [7, 11) is 0. The van der Waals surface area contributed by atoms with Gasteiger partial charge in [0.05, 0.1) is 5.69 Å². The number of hydrogen-bond acceptors (Lipinski definition) is 7. The molecule has 1 aromatic carbocycles. The molecular weight excluding hydrogens is 378 g/mol. The molecule has 3 aromatic rings. The highest BCUT2D eigenvalue weighted by Gasteiger charge is 2.20. The SMILES string of the molecule is Cc1ccc(-c2nc(C(=O)OCC(=O)Nc3cc(C(C)(C)C)no3)cs2)cc1. The minimum absolute atomic E-state index is 0.169. The fraction of sp³-hybridized carbons (Fsp3) is 0.300. The van der Waals surface area contributed by atoms with Crippen molar-refractivity contribution in [3.63, 3.8) is 0 Å². The van der Waals surface area contributed by atoms with Crippen molar-refractivity contribution in [2.45, 2.75) is 33.1 Å². The van der Waals surface area contributed by atoms with Crippen molar-refractivity contribution < 1.29 is 18.8 Å². The lowest BCUT2D eigenvalue weighted by Crippen LogP contribution is -2.20. The standard InChI is InChI=1S/C20H21N3O4S/c1-12-5-7-13(8-6-12)18-21-14(11-28-18)19(25)26-10-16(24)22-17-9-15(23-27-17)20(2,3)4/h5-9,11H,10H2,1-4H3,(H,22,24). The van der Waals surface area contributed by atoms with Crippen LogP contribution < -0.4 is 5.32 Å². The number of rotatable bonds is 5. The third-order valence-corrected chi connectivity index (χ3v) is 4.78. The maximum absolute atomic E-state index is 12.1. The minimum Gasteiger partial charge on any atom is -0.451 e. The van der Waals surface area contributed by atoms with Crippen LogP contribution in [0, 0.1) is 6.92 Å². The van der Waals surface area contributed by atoms with E-state index < -0.39 is 18.5 Å². The number of aryl methyl sites for hydroxylation is 1. The molecule has 0 fully saturated rings. The first kappa shape index (κ1) is 19.8. The number of esters is 1. The van der Waals surface area contributed by atoms with E-state index in [1.54, 1.807) is 11.4 Å². The summed E-state index contributed by atoms with van der Waals surface area (Å²) in [5.41, 5.74) is 2.76. The molecule has 0 unspecified atom stereocenters. The van der Waals surface area contributed by atoms with Gasteiger partial charge in [0.1, 0.15) is 5.01 Å². The van der Waals surface area contributed by atoms with Gasteiger partial charge in [0, 0.05) is 22.4 Å². The lowest BCUT2D eigenvalue weighted by atomic mass is 9.92. The monoisotopic (exact) mass is 399 g/mol. The average molecular weight is 399 g/mol. The quantitative estimate of drug-likeness (QED) is 0.646. The number of aromatic nitrogens is 2. The first-order chi connectivity index (χ1) is 13.2. The van der Waals surface area contributed by atoms with Gasteiger partial charge in [-0.2, -0.15) is 0 Å². The van der Waals surface area contributed by atoms with Crippen LogP contribution in [0.1, 0.15) is 42.5 Å². The van der Waals surface area contributed by atoms with E-state index >= 15 is 0 Å². The zero-order valence-electron chi connectivity index (χ0n) is 16.1. The van der Waals surface area contributed by atoms with Gasteiger partial charge in [-0.05, 0) is 6.92 Å². The van der Waals surface area contributed by atoms with E-state index in [0.717, 1.165) is 11.1 Å². The predicted molar refractivity (Wildman–Crippen MR) is 106 cm³/mol. The van der Waals surface area contributed by atoms with Crippen LogP contribution in [0.3, 0.4) is 0 Å². The van der Waals surface area contributed by atoms with Crippen LogP contribution >= 0.6 is 11.3 Å². The Morgan fingerprint density at radius 3 is 2.57 bits per heavy atom. The van der Waals surface area contributed by atoms with Crippen molar-refractivity contribution in [1.29, 1.82) is 0 Å². The summed E-state index contributed by atoms with van der Waals surface area (Å²) in [5.74, 6) is -0.960. The summed E-state index contributed by atoms with van der Waals surface area (Å²) in [6.07, 6.45) is 0. The fourth-order valence-electron chi connectivity index (χ4n) is 2.26. The van der Waals surface area contributed by atoms with Crippen LogP contribution in [0.25, 0.3) is 10.6 Å². The minimum atomic E-state index is -0.655. The van der Waals surface area contributed by atoms with E-state index in [1.165, 1.54) is 11.3 Å². The summed E-state index contributed by atoms with van der Waals surface area (Å²) in [4.78, 5) is 28.4. The second kappa shape index (κ2) is 7.93. The Bertz CT molecular complexity index is 984. The Labute approximate surface area is 166 Å². The number of nitrogens with one attached hydrogen (secondary N) is 1. The van der Waals surface area contributed by atoms with E-state index in [0.29, 0.717) is 10.7 Å². The molecule has 1 amide bonds. The highest BCUT2D eigenvalue weighted by molar-refractivity contribution is 7.13. The van der Waals surface area contributed by atoms with Crippen LogP contribution in [0.15, 0.2) is 40.2 Å². The first-order valence-electron chi connectivity index (χ1n) is 8.69. The van der Waals surface area contributed by atoms with Crippen molar-refractivity contribution in [3.8, 4) is 10.6 Å². The van der Waals surface area contributed by atoms with E-state index in [4.69, 9.17) is 9.26 Å². The Morgan fingerprint density at radius 1 is 1.21 bits per heavy atom. The lowest BCUT2D eigenvalue weighted by molar-refractivity contribution is -0.119. The highest BCUT2D eigenvalue weighted by atomic mass is 32.1. The van der Waals surface area contributed by atoms with E-state index in [9.17, 15) is 9.59 Å². The topological polar surface area (TPSA) is 94.3 Å². The maximum atomic E-state index is 12.1. The number of ether oxygens (including phenoxy) is 1. The number of carbonyl (C=O) groups is 2. The van der Waals surface area contributed by atoms with Gasteiger partial charge >= 0.3 is 5.97 Å². The number of amides is 1. The molecule has 0 aliphatic carbocycles. The van der Waals surface area contributed by atoms with Gasteiger partial charge in [0.2, 0.25) is 5.88 Å². The Balaban J connectivity index is 1.54. The van der Waals surface area contributed by atoms with Gasteiger partial charge in [-0.3, -0.25) is 10.1 Å². The molecule has 28 heavy (non-hydrogen) atoms. The van der Waals surface area contributed by atoms with Crippen LogP contribution in [0.5, 0.6) is 0 Å². The Hall–Kier alpha value is -3.00. The van der Waals surface area contributed by atoms with E-state index in [2.05, 4.69) is 15.5 Å². The van der Waals surface area contributed by atoms with Crippen molar-refractivity contribution in [1.82, 2.24) is 10.1 Å². The van der Waals surface area contributed by atoms with Crippen LogP contribution in [-0.4, -0.2) is 28.6 Å². The predicted octanol–water partition coefficient (Wildman–Crippen LogP) is 4.20. The number of nitrogens with zero attached hydrogens (tertiary/aromatic N) is 2. The average Bonchev–Trinajstić information content (AvgIpc) is 3.29.